The lowest BCUT2D eigenvalue weighted by Crippen LogP contribution is -2.50. The van der Waals surface area contributed by atoms with Crippen molar-refractivity contribution in [3.8, 4) is 0 Å². The summed E-state index contributed by atoms with van der Waals surface area (Å²) in [7, 11) is -9.29. The van der Waals surface area contributed by atoms with E-state index in [1.165, 1.54) is 304 Å². The third-order valence-corrected chi connectivity index (χ3v) is 51.8. The average Bonchev–Trinajstić information content (AvgIpc) is 0.757. The molecule has 4 rings (SSSR count). The van der Waals surface area contributed by atoms with E-state index in [0.717, 1.165) is 0 Å². The second-order valence-electron chi connectivity index (χ2n) is 30.6. The summed E-state index contributed by atoms with van der Waals surface area (Å²) in [6.07, 6.45) is 49.1. The van der Waals surface area contributed by atoms with E-state index in [1.54, 1.807) is 42.0 Å². The van der Waals surface area contributed by atoms with E-state index < -0.39 is 48.4 Å². The normalized spacial score (nSPS) is 12.7. The fraction of sp³-hybridized carbons (Fsp3) is 0.724. The highest BCUT2D eigenvalue weighted by atomic mass is 31.2. The Kier molecular flexibility index (Phi) is 45.2. The highest BCUT2D eigenvalue weighted by Crippen LogP contribution is 2.58. The molecular formula is C87H155NP2Si4. The van der Waals surface area contributed by atoms with Crippen molar-refractivity contribution in [1.82, 2.24) is 4.44 Å². The van der Waals surface area contributed by atoms with Gasteiger partial charge in [-0.3, -0.25) is 0 Å². The lowest BCUT2D eigenvalue weighted by molar-refractivity contribution is 0.393. The topological polar surface area (TPSA) is 3.24 Å². The van der Waals surface area contributed by atoms with Gasteiger partial charge in [0.2, 0.25) is 0 Å². The van der Waals surface area contributed by atoms with Gasteiger partial charge < -0.3 is 0 Å². The molecule has 0 aliphatic carbocycles. The highest BCUT2D eigenvalue weighted by molar-refractivity contribution is 7.84. The average molecular weight is 1390 g/mol. The lowest BCUT2D eigenvalue weighted by atomic mass is 10.00. The maximum Gasteiger partial charge on any atom is 0.0867 e. The molecule has 4 aromatic rings. The van der Waals surface area contributed by atoms with E-state index in [9.17, 15) is 0 Å². The fourth-order valence-electron chi connectivity index (χ4n) is 18.5. The van der Waals surface area contributed by atoms with Crippen LogP contribution < -0.4 is 42.0 Å². The van der Waals surface area contributed by atoms with Crippen LogP contribution in [0.15, 0.2) is 97.1 Å². The summed E-state index contributed by atoms with van der Waals surface area (Å²) in [5.41, 5.74) is 0. The monoisotopic (exact) mass is 1390 g/mol. The maximum absolute atomic E-state index is 3.52. The first-order valence-corrected chi connectivity index (χ1v) is 54.9. The molecule has 0 radical (unpaired) electrons. The van der Waals surface area contributed by atoms with Gasteiger partial charge in [0, 0.05) is 22.2 Å². The molecule has 0 N–H and O–H groups in total. The van der Waals surface area contributed by atoms with Gasteiger partial charge in [-0.25, -0.2) is 4.44 Å². The summed E-state index contributed by atoms with van der Waals surface area (Å²) in [6, 6.07) is 61.6. The predicted octanol–water partition coefficient (Wildman–Crippen LogP) is 26.7. The molecule has 0 spiro atoms. The van der Waals surface area contributed by atoms with E-state index in [2.05, 4.69) is 198 Å². The van der Waals surface area contributed by atoms with Gasteiger partial charge in [-0.15, -0.1) is 0 Å². The Morgan fingerprint density at radius 1 is 0.234 bits per heavy atom. The minimum atomic E-state index is -1.83. The molecule has 0 unspecified atom stereocenters. The van der Waals surface area contributed by atoms with E-state index in [0.29, 0.717) is 6.04 Å². The van der Waals surface area contributed by atoms with Gasteiger partial charge in [0.05, 0.1) is 32.3 Å². The number of benzene rings is 4. The zero-order valence-corrected chi connectivity index (χ0v) is 70.9. The zero-order valence-electron chi connectivity index (χ0n) is 65.1. The third kappa shape index (κ3) is 26.8. The first kappa shape index (κ1) is 85.0. The van der Waals surface area contributed by atoms with Crippen LogP contribution in [-0.2, 0) is 0 Å². The van der Waals surface area contributed by atoms with Crippen LogP contribution in [0.5, 0.6) is 0 Å². The number of hydrogen-bond donors (Lipinski definition) is 0. The molecule has 534 valence electrons. The van der Waals surface area contributed by atoms with Crippen molar-refractivity contribution in [3.63, 3.8) is 0 Å². The minimum absolute atomic E-state index is 0.481. The predicted molar refractivity (Wildman–Crippen MR) is 449 cm³/mol. The van der Waals surface area contributed by atoms with Crippen molar-refractivity contribution < 1.29 is 0 Å². The van der Waals surface area contributed by atoms with Crippen molar-refractivity contribution in [2.45, 2.75) is 407 Å². The van der Waals surface area contributed by atoms with Crippen LogP contribution in [0.2, 0.25) is 72.5 Å². The van der Waals surface area contributed by atoms with Crippen LogP contribution in [0.3, 0.4) is 0 Å². The quantitative estimate of drug-likeness (QED) is 0.0242. The molecule has 1 nitrogen and oxygen atoms in total. The first-order valence-electron chi connectivity index (χ1n) is 41.8. The molecule has 0 amide bonds. The Morgan fingerprint density at radius 2 is 0.415 bits per heavy atom. The smallest absolute Gasteiger partial charge is 0.0867 e. The van der Waals surface area contributed by atoms with Gasteiger partial charge in [-0.1, -0.05) is 506 Å². The number of rotatable bonds is 59. The highest BCUT2D eigenvalue weighted by Gasteiger charge is 2.42. The summed E-state index contributed by atoms with van der Waals surface area (Å²) >= 11 is 0. The van der Waals surface area contributed by atoms with Gasteiger partial charge in [0.15, 0.2) is 0 Å². The van der Waals surface area contributed by atoms with E-state index in [4.69, 9.17) is 0 Å². The molecule has 0 atom stereocenters. The molecule has 0 bridgehead atoms. The minimum Gasteiger partial charge on any atom is -0.242 e. The molecule has 94 heavy (non-hydrogen) atoms. The molecule has 4 aromatic carbocycles. The van der Waals surface area contributed by atoms with E-state index in [-0.39, 0.29) is 0 Å². The number of nitrogens with zero attached hydrogens (tertiary/aromatic N) is 1. The van der Waals surface area contributed by atoms with Crippen LogP contribution >= 0.6 is 16.1 Å². The van der Waals surface area contributed by atoms with E-state index >= 15 is 0 Å². The van der Waals surface area contributed by atoms with Crippen molar-refractivity contribution in [1.29, 1.82) is 0 Å². The lowest BCUT2D eigenvalue weighted by Gasteiger charge is -2.45. The van der Waals surface area contributed by atoms with Gasteiger partial charge >= 0.3 is 0 Å². The molecule has 0 saturated carbocycles. The Morgan fingerprint density at radius 3 is 0.596 bits per heavy atom. The summed E-state index contributed by atoms with van der Waals surface area (Å²) < 4.78 is 3.52. The zero-order chi connectivity index (χ0) is 68.2. The first-order chi connectivity index (χ1) is 46.0. The molecule has 0 saturated heterocycles. The third-order valence-electron chi connectivity index (χ3n) is 22.6. The largest absolute Gasteiger partial charge is 0.242 e. The number of unbranched alkanes of at least 4 members (excludes halogenated alkanes) is 20. The Hall–Kier alpha value is -1.43. The molecular weight excluding hydrogens is 1230 g/mol. The second kappa shape index (κ2) is 50.0. The molecule has 7 heteroatoms. The molecule has 0 heterocycles. The van der Waals surface area contributed by atoms with E-state index in [1.807, 2.05) is 0 Å². The van der Waals surface area contributed by atoms with Crippen molar-refractivity contribution in [2.75, 3.05) is 0 Å². The second-order valence-corrected chi connectivity index (χ2v) is 53.6. The Bertz CT molecular complexity index is 2130. The maximum atomic E-state index is 3.52. The van der Waals surface area contributed by atoms with Gasteiger partial charge in [0.25, 0.3) is 0 Å². The van der Waals surface area contributed by atoms with Crippen LogP contribution in [-0.4, -0.2) is 42.8 Å². The van der Waals surface area contributed by atoms with Crippen molar-refractivity contribution in [2.24, 2.45) is 0 Å². The summed E-state index contributed by atoms with van der Waals surface area (Å²) in [4.78, 5) is 0. The summed E-state index contributed by atoms with van der Waals surface area (Å²) in [5, 5.41) is 13.9. The van der Waals surface area contributed by atoms with Crippen LogP contribution in [0.1, 0.15) is 328 Å². The molecule has 0 fully saturated rings. The Balaban J connectivity index is 2.30. The molecule has 0 aliphatic heterocycles. The van der Waals surface area contributed by atoms with Gasteiger partial charge in [-0.05, 0) is 34.1 Å². The Labute approximate surface area is 594 Å². The fourth-order valence-corrected chi connectivity index (χ4v) is 47.1. The summed E-state index contributed by atoms with van der Waals surface area (Å²) in [6.45, 7) is 34.9. The van der Waals surface area contributed by atoms with Crippen molar-refractivity contribution >= 4 is 90.4 Å². The van der Waals surface area contributed by atoms with Crippen LogP contribution in [0.25, 0.3) is 0 Å². The van der Waals surface area contributed by atoms with Crippen LogP contribution in [0.4, 0.5) is 0 Å². The summed E-state index contributed by atoms with van der Waals surface area (Å²) in [5.74, 6) is 0. The molecule has 0 aliphatic rings. The molecule has 0 aromatic heterocycles. The SMILES string of the molecule is CCCCCCCCCCCCCC(CCCCCCCCCCCCC)N(P(c1cccc([Si](CCC)(CCC)CCC)c1)c1cccc([Si](CCC)(CCC)CCC)c1)P(c1cccc([Si](CCC)(CCC)CCC)c1)c1cccc([Si](CCC)(CCC)CCC)c1. The van der Waals surface area contributed by atoms with Gasteiger partial charge in [-0.2, -0.15) is 0 Å². The standard InChI is InChI=1S/C87H155NP2Si4/c1-15-29-31-33-35-37-39-41-43-45-47-53-79(54-48-46-44-42-40-38-36-34-32-30-16-2)88(89(80-55-49-59-84(75-80)91(63-17-3,64-18-4)65-19-5)81-56-50-60-85(76-81)92(66-20-6,67-21-7)68-22-8)90(82-57-51-61-86(77-82)93(69-23-9,70-24-10)71-25-11)83-58-52-62-87(78-83)94(72-26-12,73-27-13)74-28-14/h49-52,55-62,75-79H,15-48,53-54,63-74H2,1-14H3. The van der Waals surface area contributed by atoms with Gasteiger partial charge in [0.1, 0.15) is 0 Å². The van der Waals surface area contributed by atoms with Crippen molar-refractivity contribution in [3.05, 3.63) is 97.1 Å². The number of hydrogen-bond acceptors (Lipinski definition) is 1. The van der Waals surface area contributed by atoms with Crippen LogP contribution in [0, 0.1) is 0 Å².